The Balaban J connectivity index is 1.71. The fraction of sp³-hybridized carbons (Fsp3) is 0.320. The van der Waals surface area contributed by atoms with E-state index in [1.54, 1.807) is 25.4 Å². The average molecular weight is 511 g/mol. The molecular formula is C25H27FN6O3S. The first-order valence-corrected chi connectivity index (χ1v) is 12.5. The zero-order valence-corrected chi connectivity index (χ0v) is 21.7. The fourth-order valence-corrected chi connectivity index (χ4v) is 4.07. The summed E-state index contributed by atoms with van der Waals surface area (Å²) in [5.41, 5.74) is 1.36. The first-order valence-electron chi connectivity index (χ1n) is 11.3. The van der Waals surface area contributed by atoms with Gasteiger partial charge in [0.1, 0.15) is 17.2 Å². The van der Waals surface area contributed by atoms with Gasteiger partial charge in [0.2, 0.25) is 0 Å². The Morgan fingerprint density at radius 1 is 1.17 bits per heavy atom. The van der Waals surface area contributed by atoms with Gasteiger partial charge >= 0.3 is 6.03 Å². The maximum atomic E-state index is 14.9. The largest absolute Gasteiger partial charge is 0.359 e. The molecule has 188 valence electrons. The fourth-order valence-electron chi connectivity index (χ4n) is 3.73. The van der Waals surface area contributed by atoms with Crippen molar-refractivity contribution >= 4 is 40.3 Å². The van der Waals surface area contributed by atoms with Crippen LogP contribution in [0.2, 0.25) is 0 Å². The van der Waals surface area contributed by atoms with E-state index in [1.165, 1.54) is 28.5 Å². The van der Waals surface area contributed by atoms with Crippen LogP contribution in [0.1, 0.15) is 39.0 Å². The van der Waals surface area contributed by atoms with Gasteiger partial charge in [-0.3, -0.25) is 14.7 Å². The normalized spacial score (nSPS) is 11.6. The maximum Gasteiger partial charge on any atom is 0.325 e. The highest BCUT2D eigenvalue weighted by Crippen LogP contribution is 2.30. The van der Waals surface area contributed by atoms with E-state index in [9.17, 15) is 14.0 Å². The summed E-state index contributed by atoms with van der Waals surface area (Å²) in [6, 6.07) is 5.42. The van der Waals surface area contributed by atoms with Crippen LogP contribution in [0.4, 0.5) is 20.7 Å². The van der Waals surface area contributed by atoms with Crippen LogP contribution >= 0.6 is 11.8 Å². The molecule has 0 spiro atoms. The number of hydrogen-bond donors (Lipinski definition) is 2. The van der Waals surface area contributed by atoms with Gasteiger partial charge in [0.25, 0.3) is 5.56 Å². The number of rotatable bonds is 5. The number of nitrogens with one attached hydrogen (secondary N) is 2. The number of anilines is 2. The predicted octanol–water partition coefficient (Wildman–Crippen LogP) is 5.35. The van der Waals surface area contributed by atoms with E-state index in [2.05, 4.69) is 25.8 Å². The lowest BCUT2D eigenvalue weighted by molar-refractivity contribution is 0.261. The zero-order valence-electron chi connectivity index (χ0n) is 20.9. The molecule has 0 aliphatic heterocycles. The third-order valence-electron chi connectivity index (χ3n) is 5.71. The molecule has 36 heavy (non-hydrogen) atoms. The molecule has 9 nitrogen and oxygen atoms in total. The molecule has 11 heteroatoms. The van der Waals surface area contributed by atoms with E-state index in [4.69, 9.17) is 4.52 Å². The van der Waals surface area contributed by atoms with Gasteiger partial charge in [0, 0.05) is 35.7 Å². The van der Waals surface area contributed by atoms with Gasteiger partial charge < -0.3 is 9.84 Å². The first kappa shape index (κ1) is 25.4. The summed E-state index contributed by atoms with van der Waals surface area (Å²) < 4.78 is 21.6. The third kappa shape index (κ3) is 4.97. The lowest BCUT2D eigenvalue weighted by Crippen LogP contribution is -2.22. The Bertz CT molecular complexity index is 1520. The van der Waals surface area contributed by atoms with E-state index in [0.29, 0.717) is 45.1 Å². The van der Waals surface area contributed by atoms with E-state index >= 15 is 0 Å². The lowest BCUT2D eigenvalue weighted by Gasteiger charge is -2.15. The molecule has 3 aromatic heterocycles. The molecule has 0 aliphatic carbocycles. The number of amides is 2. The highest BCUT2D eigenvalue weighted by molar-refractivity contribution is 7.98. The summed E-state index contributed by atoms with van der Waals surface area (Å²) in [7, 11) is 1.64. The Morgan fingerprint density at radius 3 is 2.56 bits per heavy atom. The molecule has 0 saturated heterocycles. The van der Waals surface area contributed by atoms with Crippen LogP contribution in [0, 0.1) is 5.82 Å². The number of carbonyl (C=O) groups is 1. The number of carbonyl (C=O) groups excluding carboxylic acids is 1. The Kier molecular flexibility index (Phi) is 6.85. The van der Waals surface area contributed by atoms with Crippen molar-refractivity contribution in [2.24, 2.45) is 7.05 Å². The molecule has 0 bridgehead atoms. The number of aromatic nitrogens is 4. The highest BCUT2D eigenvalue weighted by atomic mass is 32.2. The van der Waals surface area contributed by atoms with Crippen molar-refractivity contribution < 1.29 is 13.7 Å². The van der Waals surface area contributed by atoms with Crippen molar-refractivity contribution in [3.8, 4) is 11.1 Å². The van der Waals surface area contributed by atoms with Crippen molar-refractivity contribution in [2.45, 2.75) is 44.7 Å². The zero-order chi connectivity index (χ0) is 26.2. The number of aryl methyl sites for hydroxylation is 2. The number of benzene rings is 1. The molecule has 0 aliphatic rings. The number of hydrogen-bond acceptors (Lipinski definition) is 7. The SMILES string of the molecule is CCc1cc(F)c(NC(=O)Nc2cc(C(C)(C)C)on2)cc1-c1cc2cnc(SC)nc2n(C)c1=O. The first-order chi connectivity index (χ1) is 17.0. The van der Waals surface area contributed by atoms with Gasteiger partial charge in [-0.05, 0) is 42.0 Å². The second-order valence-electron chi connectivity index (χ2n) is 9.31. The number of urea groups is 1. The van der Waals surface area contributed by atoms with Gasteiger partial charge in [-0.25, -0.2) is 19.2 Å². The lowest BCUT2D eigenvalue weighted by atomic mass is 9.93. The van der Waals surface area contributed by atoms with Gasteiger partial charge in [-0.2, -0.15) is 0 Å². The number of nitrogens with zero attached hydrogens (tertiary/aromatic N) is 4. The summed E-state index contributed by atoms with van der Waals surface area (Å²) in [6.45, 7) is 7.73. The topological polar surface area (TPSA) is 115 Å². The summed E-state index contributed by atoms with van der Waals surface area (Å²) >= 11 is 1.38. The molecule has 3 heterocycles. The van der Waals surface area contributed by atoms with Crippen LogP contribution in [0.15, 0.2) is 44.9 Å². The molecule has 4 rings (SSSR count). The molecule has 2 N–H and O–H groups in total. The minimum Gasteiger partial charge on any atom is -0.359 e. The summed E-state index contributed by atoms with van der Waals surface area (Å²) in [5, 5.41) is 10.1. The Hall–Kier alpha value is -3.73. The monoisotopic (exact) mass is 510 g/mol. The van der Waals surface area contributed by atoms with Crippen molar-refractivity contribution in [3.63, 3.8) is 0 Å². The Labute approximate surface area is 211 Å². The molecule has 0 atom stereocenters. The van der Waals surface area contributed by atoms with Crippen molar-refractivity contribution in [1.82, 2.24) is 19.7 Å². The van der Waals surface area contributed by atoms with E-state index in [1.807, 2.05) is 34.0 Å². The van der Waals surface area contributed by atoms with Crippen LogP contribution in [-0.4, -0.2) is 32.0 Å². The van der Waals surface area contributed by atoms with Crippen LogP contribution in [0.3, 0.4) is 0 Å². The molecule has 0 saturated carbocycles. The second kappa shape index (κ2) is 9.73. The minimum atomic E-state index is -0.692. The van der Waals surface area contributed by atoms with Crippen LogP contribution in [0.25, 0.3) is 22.2 Å². The van der Waals surface area contributed by atoms with Crippen molar-refractivity contribution in [2.75, 3.05) is 16.9 Å². The number of fused-ring (bicyclic) bond motifs is 1. The molecule has 2 amide bonds. The summed E-state index contributed by atoms with van der Waals surface area (Å²) in [5.74, 6) is 0.183. The van der Waals surface area contributed by atoms with Crippen molar-refractivity contribution in [3.05, 3.63) is 58.0 Å². The van der Waals surface area contributed by atoms with Gasteiger partial charge in [0.15, 0.2) is 11.0 Å². The van der Waals surface area contributed by atoms with E-state index in [-0.39, 0.29) is 22.5 Å². The quantitative estimate of drug-likeness (QED) is 0.275. The standard InChI is InChI=1S/C25H27FN6O3S/c1-7-13-9-17(26)18(28-23(34)29-20-11-19(35-31-20)25(2,3)4)10-15(13)16-8-14-12-27-24(36-6)30-21(14)32(5)22(16)33/h8-12H,7H2,1-6H3,(H2,28,29,31,34). The molecule has 0 radical (unpaired) electrons. The Morgan fingerprint density at radius 2 is 1.92 bits per heavy atom. The molecule has 0 unspecified atom stereocenters. The average Bonchev–Trinajstić information content (AvgIpc) is 3.31. The molecule has 0 fully saturated rings. The molecular weight excluding hydrogens is 483 g/mol. The highest BCUT2D eigenvalue weighted by Gasteiger charge is 2.21. The van der Waals surface area contributed by atoms with Crippen molar-refractivity contribution in [1.29, 1.82) is 0 Å². The maximum absolute atomic E-state index is 14.9. The van der Waals surface area contributed by atoms with E-state index in [0.717, 1.165) is 0 Å². The second-order valence-corrected chi connectivity index (χ2v) is 10.1. The molecule has 4 aromatic rings. The van der Waals surface area contributed by atoms with Crippen LogP contribution < -0.4 is 16.2 Å². The van der Waals surface area contributed by atoms with E-state index < -0.39 is 11.8 Å². The number of halogens is 1. The van der Waals surface area contributed by atoms with Gasteiger partial charge in [-0.15, -0.1) is 0 Å². The third-order valence-corrected chi connectivity index (χ3v) is 6.27. The smallest absolute Gasteiger partial charge is 0.325 e. The minimum absolute atomic E-state index is 0.0737. The summed E-state index contributed by atoms with van der Waals surface area (Å²) in [6.07, 6.45) is 4.00. The summed E-state index contributed by atoms with van der Waals surface area (Å²) in [4.78, 5) is 34.6. The van der Waals surface area contributed by atoms with Crippen LogP contribution in [-0.2, 0) is 18.9 Å². The molecule has 1 aromatic carbocycles. The van der Waals surface area contributed by atoms with Gasteiger partial charge in [0.05, 0.1) is 5.69 Å². The van der Waals surface area contributed by atoms with Crippen LogP contribution in [0.5, 0.6) is 0 Å². The predicted molar refractivity (Wildman–Crippen MR) is 139 cm³/mol. The number of thioether (sulfide) groups is 1. The van der Waals surface area contributed by atoms with Gasteiger partial charge in [-0.1, -0.05) is 44.6 Å². The number of pyridine rings is 1.